The molecule has 21 heavy (non-hydrogen) atoms. The number of nitrogen functional groups attached to an aromatic ring is 1. The zero-order valence-corrected chi connectivity index (χ0v) is 11.7. The molecule has 7 heteroatoms. The molecule has 7 nitrogen and oxygen atoms in total. The van der Waals surface area contributed by atoms with Gasteiger partial charge in [-0.3, -0.25) is 15.1 Å². The Kier molecular flexibility index (Phi) is 4.22. The zero-order valence-electron chi connectivity index (χ0n) is 11.7. The van der Waals surface area contributed by atoms with E-state index in [1.54, 1.807) is 31.3 Å². The molecule has 2 rings (SSSR count). The van der Waals surface area contributed by atoms with E-state index in [0.29, 0.717) is 17.0 Å². The van der Waals surface area contributed by atoms with E-state index in [0.717, 1.165) is 5.39 Å². The number of hydrogen-bond acceptors (Lipinski definition) is 5. The number of imide groups is 1. The van der Waals surface area contributed by atoms with Gasteiger partial charge in [0.2, 0.25) is 0 Å². The largest absolute Gasteiger partial charge is 0.479 e. The fourth-order valence-corrected chi connectivity index (χ4v) is 1.78. The van der Waals surface area contributed by atoms with Gasteiger partial charge >= 0.3 is 6.03 Å². The molecule has 0 saturated heterocycles. The Labute approximate surface area is 121 Å². The number of anilines is 1. The van der Waals surface area contributed by atoms with Gasteiger partial charge in [0.15, 0.2) is 6.10 Å². The van der Waals surface area contributed by atoms with Crippen molar-refractivity contribution in [1.82, 2.24) is 15.6 Å². The number of pyridine rings is 1. The van der Waals surface area contributed by atoms with Crippen LogP contribution < -0.4 is 21.1 Å². The summed E-state index contributed by atoms with van der Waals surface area (Å²) in [7, 11) is 1.42. The lowest BCUT2D eigenvalue weighted by atomic mass is 10.1. The number of nitrogens with two attached hydrogens (primary N) is 1. The molecule has 3 amide bonds. The van der Waals surface area contributed by atoms with Crippen LogP contribution >= 0.6 is 0 Å². The number of urea groups is 1. The summed E-state index contributed by atoms with van der Waals surface area (Å²) >= 11 is 0. The molecule has 0 fully saturated rings. The van der Waals surface area contributed by atoms with Crippen molar-refractivity contribution in [2.75, 3.05) is 12.8 Å². The number of carbonyl (C=O) groups is 2. The second-order valence-corrected chi connectivity index (χ2v) is 4.38. The maximum Gasteiger partial charge on any atom is 0.321 e. The average Bonchev–Trinajstić information content (AvgIpc) is 2.50. The fraction of sp³-hybridized carbons (Fsp3) is 0.214. The quantitative estimate of drug-likeness (QED) is 0.732. The number of rotatable bonds is 3. The maximum atomic E-state index is 11.8. The number of fused-ring (bicyclic) bond motifs is 1. The number of ether oxygens (including phenoxy) is 1. The van der Waals surface area contributed by atoms with Gasteiger partial charge in [0.05, 0.1) is 0 Å². The van der Waals surface area contributed by atoms with Crippen LogP contribution in [0.4, 0.5) is 10.5 Å². The molecular weight excluding hydrogens is 272 g/mol. The van der Waals surface area contributed by atoms with Crippen LogP contribution in [0.15, 0.2) is 30.5 Å². The van der Waals surface area contributed by atoms with Crippen molar-refractivity contribution in [3.05, 3.63) is 30.5 Å². The molecule has 110 valence electrons. The first-order chi connectivity index (χ1) is 10.0. The van der Waals surface area contributed by atoms with E-state index >= 15 is 0 Å². The monoisotopic (exact) mass is 288 g/mol. The van der Waals surface area contributed by atoms with E-state index in [-0.39, 0.29) is 0 Å². The summed E-state index contributed by atoms with van der Waals surface area (Å²) in [5.74, 6) is -0.116. The van der Waals surface area contributed by atoms with Gasteiger partial charge in [-0.2, -0.15) is 0 Å². The Morgan fingerprint density at radius 2 is 2.10 bits per heavy atom. The summed E-state index contributed by atoms with van der Waals surface area (Å²) in [6, 6.07) is 6.33. The minimum atomic E-state index is -0.851. The SMILES string of the molecule is CNC(=O)NC(=O)C(C)Oc1ccc(N)c2cccnc12. The predicted molar refractivity (Wildman–Crippen MR) is 78.8 cm³/mol. The number of nitrogens with zero attached hydrogens (tertiary/aromatic N) is 1. The first kappa shape index (κ1) is 14.6. The first-order valence-corrected chi connectivity index (χ1v) is 6.35. The van der Waals surface area contributed by atoms with Crippen LogP contribution in [0.25, 0.3) is 10.9 Å². The predicted octanol–water partition coefficient (Wildman–Crippen LogP) is 1.04. The van der Waals surface area contributed by atoms with Gasteiger partial charge in [-0.25, -0.2) is 4.79 Å². The van der Waals surface area contributed by atoms with Crippen molar-refractivity contribution in [1.29, 1.82) is 0 Å². The molecule has 2 aromatic rings. The van der Waals surface area contributed by atoms with Gasteiger partial charge in [-0.15, -0.1) is 0 Å². The van der Waals surface area contributed by atoms with Gasteiger partial charge < -0.3 is 15.8 Å². The van der Waals surface area contributed by atoms with E-state index in [9.17, 15) is 9.59 Å². The van der Waals surface area contributed by atoms with Crippen molar-refractivity contribution in [3.8, 4) is 5.75 Å². The van der Waals surface area contributed by atoms with Gasteiger partial charge in [0, 0.05) is 24.3 Å². The van der Waals surface area contributed by atoms with E-state index in [4.69, 9.17) is 10.5 Å². The highest BCUT2D eigenvalue weighted by atomic mass is 16.5. The van der Waals surface area contributed by atoms with Crippen molar-refractivity contribution < 1.29 is 14.3 Å². The Hall–Kier alpha value is -2.83. The molecule has 1 atom stereocenters. The smallest absolute Gasteiger partial charge is 0.321 e. The highest BCUT2D eigenvalue weighted by Gasteiger charge is 2.18. The molecule has 0 bridgehead atoms. The number of amides is 3. The lowest BCUT2D eigenvalue weighted by Crippen LogP contribution is -2.43. The van der Waals surface area contributed by atoms with E-state index in [2.05, 4.69) is 15.6 Å². The molecular formula is C14H16N4O3. The molecule has 1 aromatic carbocycles. The summed E-state index contributed by atoms with van der Waals surface area (Å²) in [5, 5.41) is 5.19. The molecule has 0 aliphatic heterocycles. The van der Waals surface area contributed by atoms with E-state index in [1.807, 2.05) is 6.07 Å². The average molecular weight is 288 g/mol. The summed E-state index contributed by atoms with van der Waals surface area (Å²) in [4.78, 5) is 27.1. The van der Waals surface area contributed by atoms with Crippen LogP contribution in [0.3, 0.4) is 0 Å². The van der Waals surface area contributed by atoms with Crippen LogP contribution in [-0.4, -0.2) is 30.1 Å². The Balaban J connectivity index is 2.22. The standard InChI is InChI=1S/C14H16N4O3/c1-8(13(19)18-14(20)16-2)21-11-6-5-10(15)9-4-3-7-17-12(9)11/h3-8H,15H2,1-2H3,(H2,16,18,19,20). The first-order valence-electron chi connectivity index (χ1n) is 6.35. The van der Waals surface area contributed by atoms with Crippen molar-refractivity contribution >= 4 is 28.5 Å². The van der Waals surface area contributed by atoms with Crippen molar-refractivity contribution in [2.45, 2.75) is 13.0 Å². The molecule has 1 aromatic heterocycles. The van der Waals surface area contributed by atoms with Crippen LogP contribution in [0, 0.1) is 0 Å². The van der Waals surface area contributed by atoms with Crippen molar-refractivity contribution in [3.63, 3.8) is 0 Å². The Bertz CT molecular complexity index is 687. The normalized spacial score (nSPS) is 11.7. The third-order valence-electron chi connectivity index (χ3n) is 2.90. The number of carbonyl (C=O) groups excluding carboxylic acids is 2. The number of hydrogen-bond donors (Lipinski definition) is 3. The third-order valence-corrected chi connectivity index (χ3v) is 2.90. The van der Waals surface area contributed by atoms with Gasteiger partial charge in [0.25, 0.3) is 5.91 Å². The van der Waals surface area contributed by atoms with E-state index < -0.39 is 18.0 Å². The molecule has 1 heterocycles. The van der Waals surface area contributed by atoms with Crippen LogP contribution in [0.1, 0.15) is 6.92 Å². The zero-order chi connectivity index (χ0) is 15.4. The number of aromatic nitrogens is 1. The van der Waals surface area contributed by atoms with Gasteiger partial charge in [-0.05, 0) is 31.2 Å². The van der Waals surface area contributed by atoms with Crippen molar-refractivity contribution in [2.24, 2.45) is 0 Å². The molecule has 1 unspecified atom stereocenters. The molecule has 0 radical (unpaired) electrons. The highest BCUT2D eigenvalue weighted by Crippen LogP contribution is 2.28. The minimum Gasteiger partial charge on any atom is -0.479 e. The van der Waals surface area contributed by atoms with Gasteiger partial charge in [0.1, 0.15) is 11.3 Å². The minimum absolute atomic E-state index is 0.430. The van der Waals surface area contributed by atoms with Crippen LogP contribution in [-0.2, 0) is 4.79 Å². The maximum absolute atomic E-state index is 11.8. The van der Waals surface area contributed by atoms with E-state index in [1.165, 1.54) is 7.05 Å². The summed E-state index contributed by atoms with van der Waals surface area (Å²) in [5.41, 5.74) is 7.02. The lowest BCUT2D eigenvalue weighted by molar-refractivity contribution is -0.126. The topological polar surface area (TPSA) is 106 Å². The molecule has 0 aliphatic carbocycles. The molecule has 0 aliphatic rings. The van der Waals surface area contributed by atoms with Crippen LogP contribution in [0.2, 0.25) is 0 Å². The summed E-state index contributed by atoms with van der Waals surface area (Å²) in [6.45, 7) is 1.55. The van der Waals surface area contributed by atoms with Crippen LogP contribution in [0.5, 0.6) is 5.75 Å². The molecule has 0 spiro atoms. The molecule has 0 saturated carbocycles. The second-order valence-electron chi connectivity index (χ2n) is 4.38. The highest BCUT2D eigenvalue weighted by molar-refractivity contribution is 5.97. The summed E-state index contributed by atoms with van der Waals surface area (Å²) in [6.07, 6.45) is 0.764. The number of nitrogens with one attached hydrogen (secondary N) is 2. The van der Waals surface area contributed by atoms with Gasteiger partial charge in [-0.1, -0.05) is 0 Å². The number of benzene rings is 1. The molecule has 4 N–H and O–H groups in total. The fourth-order valence-electron chi connectivity index (χ4n) is 1.78. The second kappa shape index (κ2) is 6.08. The summed E-state index contributed by atoms with van der Waals surface area (Å²) < 4.78 is 5.58. The third kappa shape index (κ3) is 3.19. The lowest BCUT2D eigenvalue weighted by Gasteiger charge is -2.15. The Morgan fingerprint density at radius 3 is 2.81 bits per heavy atom. The Morgan fingerprint density at radius 1 is 1.33 bits per heavy atom.